The Morgan fingerprint density at radius 2 is 2.00 bits per heavy atom. The third-order valence-electron chi connectivity index (χ3n) is 4.71. The molecule has 31 heavy (non-hydrogen) atoms. The van der Waals surface area contributed by atoms with Crippen molar-refractivity contribution >= 4 is 44.6 Å². The lowest BCUT2D eigenvalue weighted by Gasteiger charge is -2.03. The Hall–Kier alpha value is -3.72. The van der Waals surface area contributed by atoms with Gasteiger partial charge >= 0.3 is 0 Å². The van der Waals surface area contributed by atoms with Gasteiger partial charge in [0, 0.05) is 23.9 Å². The summed E-state index contributed by atoms with van der Waals surface area (Å²) >= 11 is 3.10. The highest BCUT2D eigenvalue weighted by Crippen LogP contribution is 2.35. The Morgan fingerprint density at radius 3 is 2.74 bits per heavy atom. The molecule has 9 heteroatoms. The number of nitro groups is 1. The number of aromatic hydroxyl groups is 2. The number of phenols is 2. The number of aliphatic imine (C=N–C) groups is 1. The van der Waals surface area contributed by atoms with Crippen LogP contribution in [0.3, 0.4) is 0 Å². The maximum Gasteiger partial charge on any atom is 0.271 e. The van der Waals surface area contributed by atoms with E-state index in [4.69, 9.17) is 4.42 Å². The van der Waals surface area contributed by atoms with Gasteiger partial charge in [-0.15, -0.1) is 0 Å². The van der Waals surface area contributed by atoms with E-state index in [0.29, 0.717) is 22.4 Å². The second-order valence-corrected chi connectivity index (χ2v) is 7.61. The molecule has 0 saturated carbocycles. The zero-order valence-electron chi connectivity index (χ0n) is 16.2. The van der Waals surface area contributed by atoms with Crippen LogP contribution in [0.1, 0.15) is 18.1 Å². The van der Waals surface area contributed by atoms with Gasteiger partial charge in [0.1, 0.15) is 17.0 Å². The molecule has 1 heterocycles. The average molecular weight is 482 g/mol. The largest absolute Gasteiger partial charge is 0.507 e. The number of hydrogen-bond acceptors (Lipinski definition) is 7. The van der Waals surface area contributed by atoms with E-state index >= 15 is 0 Å². The van der Waals surface area contributed by atoms with E-state index < -0.39 is 4.92 Å². The molecule has 4 rings (SSSR count). The minimum atomic E-state index is -0.558. The molecular formula is C22H16BrN3O5. The molecule has 8 nitrogen and oxygen atoms in total. The highest BCUT2D eigenvalue weighted by Gasteiger charge is 2.15. The lowest BCUT2D eigenvalue weighted by Crippen LogP contribution is -1.91. The second-order valence-electron chi connectivity index (χ2n) is 6.76. The van der Waals surface area contributed by atoms with E-state index in [1.165, 1.54) is 24.4 Å². The van der Waals surface area contributed by atoms with Crippen LogP contribution in [0.5, 0.6) is 11.5 Å². The number of halogens is 1. The summed E-state index contributed by atoms with van der Waals surface area (Å²) in [5, 5.41) is 31.5. The first-order valence-electron chi connectivity index (χ1n) is 9.29. The lowest BCUT2D eigenvalue weighted by molar-refractivity contribution is -0.385. The molecule has 0 bridgehead atoms. The van der Waals surface area contributed by atoms with Gasteiger partial charge in [-0.3, -0.25) is 15.1 Å². The van der Waals surface area contributed by atoms with Crippen molar-refractivity contribution < 1.29 is 19.6 Å². The van der Waals surface area contributed by atoms with E-state index in [1.54, 1.807) is 12.1 Å². The molecule has 4 aromatic rings. The summed E-state index contributed by atoms with van der Waals surface area (Å²) in [5.74, 6) is 0.0555. The minimum absolute atomic E-state index is 0.0258. The van der Waals surface area contributed by atoms with Crippen LogP contribution in [0.4, 0.5) is 11.4 Å². The van der Waals surface area contributed by atoms with Crippen LogP contribution in [-0.4, -0.2) is 26.3 Å². The molecule has 1 aromatic heterocycles. The number of fused-ring (bicyclic) bond motifs is 1. The van der Waals surface area contributed by atoms with E-state index in [9.17, 15) is 20.3 Å². The van der Waals surface area contributed by atoms with E-state index in [1.807, 2.05) is 25.1 Å². The van der Waals surface area contributed by atoms with Gasteiger partial charge < -0.3 is 14.6 Å². The quantitative estimate of drug-likeness (QED) is 0.208. The monoisotopic (exact) mass is 481 g/mol. The fourth-order valence-electron chi connectivity index (χ4n) is 3.04. The Labute approximate surface area is 184 Å². The maximum absolute atomic E-state index is 11.1. The van der Waals surface area contributed by atoms with Gasteiger partial charge in [0.15, 0.2) is 5.58 Å². The number of nitro benzene ring substituents is 1. The molecule has 2 N–H and O–H groups in total. The molecule has 0 atom stereocenters. The number of nitrogens with zero attached hydrogens (tertiary/aromatic N) is 3. The van der Waals surface area contributed by atoms with E-state index in [-0.39, 0.29) is 33.1 Å². The Balaban J connectivity index is 1.71. The Bertz CT molecular complexity index is 1350. The summed E-state index contributed by atoms with van der Waals surface area (Å²) in [5.41, 5.74) is 3.19. The van der Waals surface area contributed by atoms with Gasteiger partial charge in [-0.2, -0.15) is 0 Å². The molecule has 0 spiro atoms. The van der Waals surface area contributed by atoms with Crippen LogP contribution in [0.15, 0.2) is 62.4 Å². The molecule has 0 unspecified atom stereocenters. The van der Waals surface area contributed by atoms with Crippen molar-refractivity contribution in [2.45, 2.75) is 13.3 Å². The predicted octanol–water partition coefficient (Wildman–Crippen LogP) is 5.89. The maximum atomic E-state index is 11.1. The highest BCUT2D eigenvalue weighted by atomic mass is 79.9. The van der Waals surface area contributed by atoms with Crippen molar-refractivity contribution in [3.63, 3.8) is 0 Å². The zero-order chi connectivity index (χ0) is 22.1. The topological polar surface area (TPSA) is 122 Å². The van der Waals surface area contributed by atoms with Crippen LogP contribution >= 0.6 is 15.9 Å². The van der Waals surface area contributed by atoms with E-state index in [0.717, 1.165) is 12.0 Å². The van der Waals surface area contributed by atoms with Gasteiger partial charge in [-0.1, -0.05) is 13.0 Å². The number of aromatic nitrogens is 1. The lowest BCUT2D eigenvalue weighted by atomic mass is 10.1. The summed E-state index contributed by atoms with van der Waals surface area (Å²) in [6.45, 7) is 2.05. The number of oxazole rings is 1. The molecule has 0 amide bonds. The third-order valence-corrected chi connectivity index (χ3v) is 5.32. The highest BCUT2D eigenvalue weighted by molar-refractivity contribution is 9.10. The van der Waals surface area contributed by atoms with Gasteiger partial charge in [0.05, 0.1) is 20.6 Å². The Morgan fingerprint density at radius 1 is 1.19 bits per heavy atom. The number of phenolic OH excluding ortho intramolecular Hbond substituents is 2. The summed E-state index contributed by atoms with van der Waals surface area (Å²) < 4.78 is 5.97. The van der Waals surface area contributed by atoms with Gasteiger partial charge in [-0.05, 0) is 58.2 Å². The molecule has 0 radical (unpaired) electrons. The number of non-ortho nitro benzene ring substituents is 1. The average Bonchev–Trinajstić information content (AvgIpc) is 3.18. The summed E-state index contributed by atoms with van der Waals surface area (Å²) in [7, 11) is 0. The molecule has 0 aliphatic heterocycles. The first-order valence-corrected chi connectivity index (χ1v) is 10.1. The summed E-state index contributed by atoms with van der Waals surface area (Å²) in [6, 6.07) is 12.8. The van der Waals surface area contributed by atoms with Crippen LogP contribution in [0.25, 0.3) is 22.6 Å². The van der Waals surface area contributed by atoms with Crippen molar-refractivity contribution in [2.24, 2.45) is 4.99 Å². The smallest absolute Gasteiger partial charge is 0.271 e. The van der Waals surface area contributed by atoms with Crippen molar-refractivity contribution in [2.75, 3.05) is 0 Å². The number of benzene rings is 3. The molecular weight excluding hydrogens is 466 g/mol. The fraction of sp³-hybridized carbons (Fsp3) is 0.0909. The van der Waals surface area contributed by atoms with Gasteiger partial charge in [-0.25, -0.2) is 4.98 Å². The fourth-order valence-corrected chi connectivity index (χ4v) is 3.50. The number of hydrogen-bond donors (Lipinski definition) is 2. The van der Waals surface area contributed by atoms with Crippen molar-refractivity contribution in [1.82, 2.24) is 4.98 Å². The summed E-state index contributed by atoms with van der Waals surface area (Å²) in [4.78, 5) is 19.2. The number of aryl methyl sites for hydroxylation is 1. The Kier molecular flexibility index (Phi) is 5.43. The van der Waals surface area contributed by atoms with Crippen LogP contribution in [-0.2, 0) is 6.42 Å². The standard InChI is InChI=1S/C22H16BrN3O5/c1-2-12-3-6-20-18(7-12)25-22(31-20)16-9-14(4-5-19(16)27)24-11-13-8-15(26(29)30)10-17(23)21(13)28/h3-11,27-28H,2H2,1H3. The van der Waals surface area contributed by atoms with Crippen LogP contribution in [0, 0.1) is 10.1 Å². The van der Waals surface area contributed by atoms with Crippen LogP contribution < -0.4 is 0 Å². The van der Waals surface area contributed by atoms with E-state index in [2.05, 4.69) is 25.9 Å². The molecule has 0 fully saturated rings. The second kappa shape index (κ2) is 8.19. The van der Waals surface area contributed by atoms with Gasteiger partial charge in [0.25, 0.3) is 5.69 Å². The van der Waals surface area contributed by atoms with Gasteiger partial charge in [0.2, 0.25) is 5.89 Å². The first kappa shape index (κ1) is 20.5. The van der Waals surface area contributed by atoms with Crippen molar-refractivity contribution in [3.05, 3.63) is 74.2 Å². The van der Waals surface area contributed by atoms with Crippen molar-refractivity contribution in [3.8, 4) is 23.0 Å². The molecule has 3 aromatic carbocycles. The summed E-state index contributed by atoms with van der Waals surface area (Å²) in [6.07, 6.45) is 2.18. The predicted molar refractivity (Wildman–Crippen MR) is 120 cm³/mol. The van der Waals surface area contributed by atoms with Crippen LogP contribution in [0.2, 0.25) is 0 Å². The molecule has 156 valence electrons. The SMILES string of the molecule is CCc1ccc2oc(-c3cc(N=Cc4cc([N+](=O)[O-])cc(Br)c4O)ccc3O)nc2c1. The molecule has 0 aliphatic rings. The third kappa shape index (κ3) is 4.13. The molecule has 0 aliphatic carbocycles. The number of rotatable bonds is 5. The zero-order valence-corrected chi connectivity index (χ0v) is 17.8. The minimum Gasteiger partial charge on any atom is -0.507 e. The molecule has 0 saturated heterocycles. The normalized spacial score (nSPS) is 11.4. The van der Waals surface area contributed by atoms with Crippen molar-refractivity contribution in [1.29, 1.82) is 0 Å². The first-order chi connectivity index (χ1) is 14.9.